The highest BCUT2D eigenvalue weighted by molar-refractivity contribution is 5.98. The lowest BCUT2D eigenvalue weighted by atomic mass is 9.92. The highest BCUT2D eigenvalue weighted by Gasteiger charge is 2.27. The van der Waals surface area contributed by atoms with Gasteiger partial charge in [0.25, 0.3) is 11.8 Å². The lowest BCUT2D eigenvalue weighted by Gasteiger charge is -2.31. The van der Waals surface area contributed by atoms with E-state index in [2.05, 4.69) is 15.3 Å². The molecule has 1 saturated heterocycles. The lowest BCUT2D eigenvalue weighted by molar-refractivity contribution is 0.0695. The first-order chi connectivity index (χ1) is 16.0. The van der Waals surface area contributed by atoms with E-state index in [1.54, 1.807) is 30.1 Å². The van der Waals surface area contributed by atoms with Crippen molar-refractivity contribution in [3.8, 4) is 5.75 Å². The van der Waals surface area contributed by atoms with E-state index in [4.69, 9.17) is 10.5 Å². The van der Waals surface area contributed by atoms with Gasteiger partial charge >= 0.3 is 0 Å². The topological polar surface area (TPSA) is 115 Å². The number of pyridine rings is 1. The molecule has 0 saturated carbocycles. The average Bonchev–Trinajstić information content (AvgIpc) is 3.28. The molecule has 4 rings (SSSR count). The number of benzene rings is 1. The predicted molar refractivity (Wildman–Crippen MR) is 124 cm³/mol. The Kier molecular flexibility index (Phi) is 6.58. The second kappa shape index (κ2) is 9.72. The van der Waals surface area contributed by atoms with Crippen molar-refractivity contribution in [2.75, 3.05) is 25.9 Å². The predicted octanol–water partition coefficient (Wildman–Crippen LogP) is 2.36. The molecule has 2 amide bonds. The molecule has 0 atom stereocenters. The Morgan fingerprint density at radius 2 is 2.00 bits per heavy atom. The van der Waals surface area contributed by atoms with Crippen molar-refractivity contribution < 1.29 is 14.3 Å². The Hall–Kier alpha value is -3.88. The van der Waals surface area contributed by atoms with Crippen molar-refractivity contribution in [1.82, 2.24) is 24.8 Å². The highest BCUT2D eigenvalue weighted by atomic mass is 16.5. The van der Waals surface area contributed by atoms with Gasteiger partial charge in [-0.05, 0) is 42.7 Å². The number of carbonyl (C=O) groups excluding carboxylic acids is 2. The summed E-state index contributed by atoms with van der Waals surface area (Å²) >= 11 is 0. The zero-order chi connectivity index (χ0) is 23.4. The first-order valence-electron chi connectivity index (χ1n) is 10.9. The molecule has 172 valence electrons. The van der Waals surface area contributed by atoms with Crippen LogP contribution in [0.5, 0.6) is 5.75 Å². The Labute approximate surface area is 192 Å². The second-order valence-corrected chi connectivity index (χ2v) is 8.13. The number of aryl methyl sites for hydroxylation is 1. The second-order valence-electron chi connectivity index (χ2n) is 8.13. The number of amides is 2. The van der Waals surface area contributed by atoms with Gasteiger partial charge < -0.3 is 25.3 Å². The van der Waals surface area contributed by atoms with E-state index >= 15 is 0 Å². The SMILES string of the molecule is COc1cccc(CNC(=O)c2ccc(C3CCN(C(=O)c4nccn4C)CC3)nc2N)c1. The van der Waals surface area contributed by atoms with E-state index in [0.29, 0.717) is 31.0 Å². The maximum Gasteiger partial charge on any atom is 0.289 e. The van der Waals surface area contributed by atoms with Crippen molar-refractivity contribution in [3.63, 3.8) is 0 Å². The van der Waals surface area contributed by atoms with Crippen LogP contribution < -0.4 is 15.8 Å². The van der Waals surface area contributed by atoms with Crippen LogP contribution >= 0.6 is 0 Å². The minimum atomic E-state index is -0.273. The Bertz CT molecular complexity index is 1150. The summed E-state index contributed by atoms with van der Waals surface area (Å²) in [6, 6.07) is 11.1. The summed E-state index contributed by atoms with van der Waals surface area (Å²) < 4.78 is 6.94. The number of aromatic nitrogens is 3. The third-order valence-electron chi connectivity index (χ3n) is 5.99. The fourth-order valence-corrected chi connectivity index (χ4v) is 4.06. The smallest absolute Gasteiger partial charge is 0.289 e. The third kappa shape index (κ3) is 4.97. The standard InChI is InChI=1S/C24H28N6O3/c1-29-13-10-26-22(29)24(32)30-11-8-17(9-12-30)20-7-6-19(21(25)28-20)23(31)27-15-16-4-3-5-18(14-16)33-2/h3-7,10,13-14,17H,8-9,11-12,15H2,1-2H3,(H2,25,28)(H,27,31). The number of anilines is 1. The minimum absolute atomic E-state index is 0.0588. The van der Waals surface area contributed by atoms with Crippen LogP contribution in [0.25, 0.3) is 0 Å². The van der Waals surface area contributed by atoms with Gasteiger partial charge in [0, 0.05) is 50.7 Å². The Balaban J connectivity index is 1.35. The quantitative estimate of drug-likeness (QED) is 0.598. The van der Waals surface area contributed by atoms with Crippen LogP contribution in [0.4, 0.5) is 5.82 Å². The van der Waals surface area contributed by atoms with Gasteiger partial charge in [0.2, 0.25) is 0 Å². The van der Waals surface area contributed by atoms with Crippen LogP contribution in [0.2, 0.25) is 0 Å². The Morgan fingerprint density at radius 1 is 1.21 bits per heavy atom. The van der Waals surface area contributed by atoms with E-state index in [1.807, 2.05) is 42.3 Å². The van der Waals surface area contributed by atoms with Crippen molar-refractivity contribution in [3.05, 3.63) is 71.4 Å². The van der Waals surface area contributed by atoms with Crippen molar-refractivity contribution in [2.24, 2.45) is 7.05 Å². The van der Waals surface area contributed by atoms with Gasteiger partial charge in [-0.1, -0.05) is 12.1 Å². The van der Waals surface area contributed by atoms with E-state index in [1.165, 1.54) is 0 Å². The highest BCUT2D eigenvalue weighted by Crippen LogP contribution is 2.28. The number of methoxy groups -OCH3 is 1. The molecule has 9 heteroatoms. The number of piperidine rings is 1. The molecular weight excluding hydrogens is 420 g/mol. The van der Waals surface area contributed by atoms with E-state index in [0.717, 1.165) is 29.8 Å². The van der Waals surface area contributed by atoms with Crippen LogP contribution in [0, 0.1) is 0 Å². The van der Waals surface area contributed by atoms with Gasteiger partial charge in [-0.15, -0.1) is 0 Å². The van der Waals surface area contributed by atoms with Gasteiger partial charge in [0.05, 0.1) is 12.7 Å². The number of likely N-dealkylation sites (tertiary alicyclic amines) is 1. The van der Waals surface area contributed by atoms with Crippen LogP contribution in [0.1, 0.15) is 51.0 Å². The molecule has 0 aliphatic carbocycles. The van der Waals surface area contributed by atoms with Crippen LogP contribution in [0.3, 0.4) is 0 Å². The van der Waals surface area contributed by atoms with Gasteiger partial charge in [-0.25, -0.2) is 9.97 Å². The average molecular weight is 449 g/mol. The van der Waals surface area contributed by atoms with E-state index in [9.17, 15) is 9.59 Å². The summed E-state index contributed by atoms with van der Waals surface area (Å²) in [5, 5.41) is 2.88. The Morgan fingerprint density at radius 3 is 2.67 bits per heavy atom. The van der Waals surface area contributed by atoms with Crippen LogP contribution in [-0.2, 0) is 13.6 Å². The molecule has 0 spiro atoms. The molecule has 3 aromatic rings. The number of nitrogens with zero attached hydrogens (tertiary/aromatic N) is 4. The summed E-state index contributed by atoms with van der Waals surface area (Å²) in [5.41, 5.74) is 8.26. The molecule has 0 bridgehead atoms. The van der Waals surface area contributed by atoms with Crippen LogP contribution in [0.15, 0.2) is 48.8 Å². The molecule has 3 heterocycles. The number of ether oxygens (including phenoxy) is 1. The molecule has 1 aliphatic heterocycles. The third-order valence-corrected chi connectivity index (χ3v) is 5.99. The normalized spacial score (nSPS) is 14.2. The number of nitrogens with one attached hydrogen (secondary N) is 1. The lowest BCUT2D eigenvalue weighted by Crippen LogP contribution is -2.39. The largest absolute Gasteiger partial charge is 0.497 e. The van der Waals surface area contributed by atoms with Gasteiger partial charge in [-0.2, -0.15) is 0 Å². The number of rotatable bonds is 6. The summed E-state index contributed by atoms with van der Waals surface area (Å²) in [4.78, 5) is 35.8. The molecule has 33 heavy (non-hydrogen) atoms. The molecule has 1 aliphatic rings. The molecule has 1 aromatic carbocycles. The fourth-order valence-electron chi connectivity index (χ4n) is 4.06. The van der Waals surface area contributed by atoms with Gasteiger partial charge in [0.1, 0.15) is 11.6 Å². The van der Waals surface area contributed by atoms with Crippen molar-refractivity contribution in [2.45, 2.75) is 25.3 Å². The molecular formula is C24H28N6O3. The molecule has 0 radical (unpaired) electrons. The molecule has 3 N–H and O–H groups in total. The summed E-state index contributed by atoms with van der Waals surface area (Å²) in [6.07, 6.45) is 4.95. The van der Waals surface area contributed by atoms with Crippen molar-refractivity contribution in [1.29, 1.82) is 0 Å². The number of imidazole rings is 1. The zero-order valence-corrected chi connectivity index (χ0v) is 18.8. The number of nitrogen functional groups attached to an aromatic ring is 1. The number of nitrogens with two attached hydrogens (primary N) is 1. The maximum atomic E-state index is 12.7. The molecule has 1 fully saturated rings. The van der Waals surface area contributed by atoms with Gasteiger partial charge in [0.15, 0.2) is 5.82 Å². The number of carbonyl (C=O) groups is 2. The monoisotopic (exact) mass is 448 g/mol. The number of hydrogen-bond acceptors (Lipinski definition) is 6. The van der Waals surface area contributed by atoms with Gasteiger partial charge in [-0.3, -0.25) is 9.59 Å². The van der Waals surface area contributed by atoms with E-state index in [-0.39, 0.29) is 23.6 Å². The van der Waals surface area contributed by atoms with E-state index < -0.39 is 0 Å². The summed E-state index contributed by atoms with van der Waals surface area (Å²) in [5.74, 6) is 1.25. The minimum Gasteiger partial charge on any atom is -0.497 e. The maximum absolute atomic E-state index is 12.7. The molecule has 9 nitrogen and oxygen atoms in total. The summed E-state index contributed by atoms with van der Waals surface area (Å²) in [7, 11) is 3.42. The summed E-state index contributed by atoms with van der Waals surface area (Å²) in [6.45, 7) is 1.61. The first-order valence-corrected chi connectivity index (χ1v) is 10.9. The fraction of sp³-hybridized carbons (Fsp3) is 0.333. The molecule has 0 unspecified atom stereocenters. The zero-order valence-electron chi connectivity index (χ0n) is 18.8. The van der Waals surface area contributed by atoms with Crippen molar-refractivity contribution >= 4 is 17.6 Å². The number of hydrogen-bond donors (Lipinski definition) is 2. The van der Waals surface area contributed by atoms with Crippen LogP contribution in [-0.4, -0.2) is 51.4 Å². The molecule has 2 aromatic heterocycles. The first kappa shape index (κ1) is 22.3.